The number of carbonyl (C=O) groups is 1. The lowest BCUT2D eigenvalue weighted by atomic mass is 9.89. The molecule has 0 aliphatic rings. The fourth-order valence-corrected chi connectivity index (χ4v) is 3.88. The van der Waals surface area contributed by atoms with E-state index in [4.69, 9.17) is 9.47 Å². The van der Waals surface area contributed by atoms with Crippen LogP contribution in [-0.2, 0) is 15.1 Å². The van der Waals surface area contributed by atoms with Gasteiger partial charge < -0.3 is 14.6 Å². The number of carbonyl (C=O) groups excluding carboxylic acids is 1. The molecule has 0 aliphatic carbocycles. The van der Waals surface area contributed by atoms with Gasteiger partial charge in [0, 0.05) is 0 Å². The Bertz CT molecular complexity index is 1010. The number of hydrogen-bond donors (Lipinski definition) is 1. The Labute approximate surface area is 197 Å². The molecule has 3 aromatic carbocycles. The predicted octanol–water partition coefficient (Wildman–Crippen LogP) is 6.94. The fourth-order valence-electron chi connectivity index (χ4n) is 3.88. The van der Waals surface area contributed by atoms with Gasteiger partial charge in [-0.15, -0.1) is 0 Å². The summed E-state index contributed by atoms with van der Waals surface area (Å²) in [6.45, 7) is 8.06. The van der Waals surface area contributed by atoms with E-state index in [1.54, 1.807) is 12.1 Å². The molecule has 2 atom stereocenters. The number of rotatable bonds is 10. The van der Waals surface area contributed by atoms with E-state index in [1.165, 1.54) is 11.1 Å². The van der Waals surface area contributed by atoms with E-state index in [0.29, 0.717) is 23.3 Å². The summed E-state index contributed by atoms with van der Waals surface area (Å²) in [6, 6.07) is 25.1. The maximum absolute atomic E-state index is 12.3. The van der Waals surface area contributed by atoms with Gasteiger partial charge in [-0.1, -0.05) is 68.4 Å². The number of hydrogen-bond acceptors (Lipinski definition) is 4. The average Bonchev–Trinajstić information content (AvgIpc) is 2.82. The zero-order chi connectivity index (χ0) is 23.8. The molecule has 0 amide bonds. The second-order valence-corrected chi connectivity index (χ2v) is 9.18. The van der Waals surface area contributed by atoms with E-state index < -0.39 is 11.6 Å². The molecule has 1 N–H and O–H groups in total. The largest absolute Gasteiger partial charge is 0.508 e. The molecule has 0 bridgehead atoms. The molecule has 4 nitrogen and oxygen atoms in total. The molecule has 4 heteroatoms. The van der Waals surface area contributed by atoms with Crippen LogP contribution in [0.15, 0.2) is 78.9 Å². The van der Waals surface area contributed by atoms with E-state index in [1.807, 2.05) is 68.4 Å². The smallest absolute Gasteiger partial charge is 0.345 e. The summed E-state index contributed by atoms with van der Waals surface area (Å²) in [4.78, 5) is 12.3. The van der Waals surface area contributed by atoms with Gasteiger partial charge >= 0.3 is 5.97 Å². The summed E-state index contributed by atoms with van der Waals surface area (Å²) in [6.07, 6.45) is 2.12. The van der Waals surface area contributed by atoms with E-state index in [9.17, 15) is 9.90 Å². The second kappa shape index (κ2) is 11.0. The molecule has 0 aliphatic heterocycles. The van der Waals surface area contributed by atoms with Gasteiger partial charge in [-0.3, -0.25) is 0 Å². The molecule has 2 unspecified atom stereocenters. The van der Waals surface area contributed by atoms with Gasteiger partial charge in [0.2, 0.25) is 0 Å². The Balaban J connectivity index is 1.46. The van der Waals surface area contributed by atoms with Crippen molar-refractivity contribution in [2.75, 3.05) is 6.61 Å². The highest BCUT2D eigenvalue weighted by molar-refractivity contribution is 5.71. The van der Waals surface area contributed by atoms with Crippen molar-refractivity contribution in [2.24, 2.45) is 0 Å². The molecule has 0 fully saturated rings. The molecule has 0 heterocycles. The first-order chi connectivity index (χ1) is 15.7. The van der Waals surface area contributed by atoms with Gasteiger partial charge in [-0.2, -0.15) is 0 Å². The van der Waals surface area contributed by atoms with Crippen LogP contribution in [0.3, 0.4) is 0 Å². The number of phenolic OH excluding ortho intramolecular Hbond substituents is 1. The molecule has 174 valence electrons. The number of esters is 1. The Morgan fingerprint density at radius 2 is 1.33 bits per heavy atom. The summed E-state index contributed by atoms with van der Waals surface area (Å²) in [7, 11) is 0. The van der Waals surface area contributed by atoms with Crippen LogP contribution in [0.2, 0.25) is 0 Å². The SMILES string of the molecule is CC(CCC(C)c1ccc(OCC(=O)OC(C)(C)c2ccccc2)cc1)c1ccc(O)cc1. The molecule has 3 rings (SSSR count). The number of ether oxygens (including phenoxy) is 2. The minimum Gasteiger partial charge on any atom is -0.508 e. The molecule has 0 radical (unpaired) electrons. The molecule has 0 saturated carbocycles. The first kappa shape index (κ1) is 24.4. The molecule has 0 saturated heterocycles. The van der Waals surface area contributed by atoms with Gasteiger partial charge in [0.05, 0.1) is 0 Å². The normalized spacial score (nSPS) is 13.2. The molecule has 33 heavy (non-hydrogen) atoms. The van der Waals surface area contributed by atoms with Crippen LogP contribution in [0.25, 0.3) is 0 Å². The predicted molar refractivity (Wildman–Crippen MR) is 132 cm³/mol. The van der Waals surface area contributed by atoms with Crippen LogP contribution in [0, 0.1) is 0 Å². The molecule has 0 aromatic heterocycles. The van der Waals surface area contributed by atoms with E-state index in [-0.39, 0.29) is 6.61 Å². The summed E-state index contributed by atoms with van der Waals surface area (Å²) in [5, 5.41) is 9.46. The lowest BCUT2D eigenvalue weighted by molar-refractivity contribution is -0.159. The quantitative estimate of drug-likeness (QED) is 0.343. The van der Waals surface area contributed by atoms with Crippen LogP contribution < -0.4 is 4.74 Å². The van der Waals surface area contributed by atoms with Gasteiger partial charge in [-0.05, 0) is 79.5 Å². The molecular weight excluding hydrogens is 412 g/mol. The Morgan fingerprint density at radius 3 is 1.88 bits per heavy atom. The number of aromatic hydroxyl groups is 1. The van der Waals surface area contributed by atoms with Crippen molar-refractivity contribution in [1.29, 1.82) is 0 Å². The third-order valence-corrected chi connectivity index (χ3v) is 6.14. The van der Waals surface area contributed by atoms with Crippen LogP contribution in [0.1, 0.15) is 69.1 Å². The third-order valence-electron chi connectivity index (χ3n) is 6.14. The monoisotopic (exact) mass is 446 g/mol. The van der Waals surface area contributed by atoms with Gasteiger partial charge in [0.15, 0.2) is 6.61 Å². The zero-order valence-corrected chi connectivity index (χ0v) is 20.0. The first-order valence-corrected chi connectivity index (χ1v) is 11.5. The minimum atomic E-state index is -0.710. The summed E-state index contributed by atoms with van der Waals surface area (Å²) in [5.74, 6) is 1.40. The maximum Gasteiger partial charge on any atom is 0.345 e. The van der Waals surface area contributed by atoms with Crippen molar-refractivity contribution in [3.63, 3.8) is 0 Å². The Kier molecular flexibility index (Phi) is 8.16. The van der Waals surface area contributed by atoms with Gasteiger partial charge in [0.25, 0.3) is 0 Å². The van der Waals surface area contributed by atoms with Crippen molar-refractivity contribution in [3.05, 3.63) is 95.6 Å². The van der Waals surface area contributed by atoms with Crippen LogP contribution in [0.5, 0.6) is 11.5 Å². The molecular formula is C29H34O4. The zero-order valence-electron chi connectivity index (χ0n) is 20.0. The van der Waals surface area contributed by atoms with Crippen molar-refractivity contribution in [2.45, 2.75) is 58.0 Å². The topological polar surface area (TPSA) is 55.8 Å². The van der Waals surface area contributed by atoms with Gasteiger partial charge in [-0.25, -0.2) is 4.79 Å². The van der Waals surface area contributed by atoms with Crippen molar-refractivity contribution >= 4 is 5.97 Å². The fraction of sp³-hybridized carbons (Fsp3) is 0.345. The Morgan fingerprint density at radius 1 is 0.818 bits per heavy atom. The van der Waals surface area contributed by atoms with E-state index in [0.717, 1.165) is 18.4 Å². The van der Waals surface area contributed by atoms with E-state index >= 15 is 0 Å². The van der Waals surface area contributed by atoms with Crippen molar-refractivity contribution in [3.8, 4) is 11.5 Å². The van der Waals surface area contributed by atoms with E-state index in [2.05, 4.69) is 26.0 Å². The highest BCUT2D eigenvalue weighted by Crippen LogP contribution is 2.29. The van der Waals surface area contributed by atoms with Crippen molar-refractivity contribution in [1.82, 2.24) is 0 Å². The minimum absolute atomic E-state index is 0.130. The summed E-state index contributed by atoms with van der Waals surface area (Å²) >= 11 is 0. The second-order valence-electron chi connectivity index (χ2n) is 9.18. The molecule has 3 aromatic rings. The number of phenols is 1. The lowest BCUT2D eigenvalue weighted by Gasteiger charge is -2.25. The highest BCUT2D eigenvalue weighted by atomic mass is 16.6. The van der Waals surface area contributed by atoms with Crippen molar-refractivity contribution < 1.29 is 19.4 Å². The standard InChI is InChI=1S/C29H34O4/c1-21(23-12-16-26(30)17-13-23)10-11-22(2)24-14-18-27(19-15-24)32-20-28(31)33-29(3,4)25-8-6-5-7-9-25/h5-9,12-19,21-22,30H,10-11,20H2,1-4H3. The van der Waals surface area contributed by atoms with Crippen LogP contribution >= 0.6 is 0 Å². The summed E-state index contributed by atoms with van der Waals surface area (Å²) in [5.41, 5.74) is 2.72. The van der Waals surface area contributed by atoms with Crippen LogP contribution in [-0.4, -0.2) is 17.7 Å². The number of benzene rings is 3. The first-order valence-electron chi connectivity index (χ1n) is 11.5. The molecule has 0 spiro atoms. The average molecular weight is 447 g/mol. The lowest BCUT2D eigenvalue weighted by Crippen LogP contribution is -2.28. The third kappa shape index (κ3) is 7.11. The Hall–Kier alpha value is -3.27. The maximum atomic E-state index is 12.3. The van der Waals surface area contributed by atoms with Crippen LogP contribution in [0.4, 0.5) is 0 Å². The highest BCUT2D eigenvalue weighted by Gasteiger charge is 2.25. The van der Waals surface area contributed by atoms with Gasteiger partial charge in [0.1, 0.15) is 17.1 Å². The summed E-state index contributed by atoms with van der Waals surface area (Å²) < 4.78 is 11.3.